The molecular weight excluding hydrogens is 362 g/mol. The third kappa shape index (κ3) is 4.88. The molecule has 0 aliphatic carbocycles. The van der Waals surface area contributed by atoms with Crippen LogP contribution in [-0.2, 0) is 16.6 Å². The first kappa shape index (κ1) is 19.4. The van der Waals surface area contributed by atoms with E-state index in [4.69, 9.17) is 0 Å². The topological polar surface area (TPSA) is 80.1 Å². The Bertz CT molecular complexity index is 797. The van der Waals surface area contributed by atoms with Gasteiger partial charge in [-0.15, -0.1) is 10.2 Å². The third-order valence-corrected chi connectivity index (χ3v) is 5.62. The number of nitrogens with zero attached hydrogens (tertiary/aromatic N) is 4. The van der Waals surface area contributed by atoms with E-state index in [-0.39, 0.29) is 11.8 Å². The van der Waals surface area contributed by atoms with E-state index in [9.17, 15) is 9.59 Å². The standard InChI is InChI=1S/C19H25N5O2S/c1-3-16(25)20-15-9-7-14(8-10-15)18-21-22-19(23(18)2)27-13-17(26)24-11-5-4-6-12-24/h7-10H,3-6,11-13H2,1-2H3,(H,20,25). The van der Waals surface area contributed by atoms with Gasteiger partial charge in [-0.05, 0) is 43.5 Å². The molecule has 1 saturated heterocycles. The molecule has 0 spiro atoms. The predicted molar refractivity (Wildman–Crippen MR) is 107 cm³/mol. The Labute approximate surface area is 163 Å². The molecule has 144 valence electrons. The molecule has 2 heterocycles. The quantitative estimate of drug-likeness (QED) is 0.771. The number of aromatic nitrogens is 3. The van der Waals surface area contributed by atoms with E-state index in [0.29, 0.717) is 12.2 Å². The van der Waals surface area contributed by atoms with Gasteiger partial charge in [-0.1, -0.05) is 18.7 Å². The molecule has 1 aliphatic heterocycles. The highest BCUT2D eigenvalue weighted by molar-refractivity contribution is 7.99. The molecule has 1 aliphatic rings. The summed E-state index contributed by atoms with van der Waals surface area (Å²) in [4.78, 5) is 25.7. The van der Waals surface area contributed by atoms with Crippen LogP contribution in [0.5, 0.6) is 0 Å². The van der Waals surface area contributed by atoms with E-state index in [1.165, 1.54) is 18.2 Å². The van der Waals surface area contributed by atoms with Crippen molar-refractivity contribution < 1.29 is 9.59 Å². The van der Waals surface area contributed by atoms with E-state index < -0.39 is 0 Å². The lowest BCUT2D eigenvalue weighted by atomic mass is 10.1. The fourth-order valence-electron chi connectivity index (χ4n) is 3.00. The van der Waals surface area contributed by atoms with Crippen molar-refractivity contribution >= 4 is 29.3 Å². The molecule has 0 saturated carbocycles. The lowest BCUT2D eigenvalue weighted by Crippen LogP contribution is -2.36. The van der Waals surface area contributed by atoms with E-state index in [0.717, 1.165) is 48.2 Å². The number of carbonyl (C=O) groups is 2. The number of amides is 2. The maximum Gasteiger partial charge on any atom is 0.233 e. The first-order valence-electron chi connectivity index (χ1n) is 9.28. The molecule has 8 heteroatoms. The van der Waals surface area contributed by atoms with Gasteiger partial charge in [0, 0.05) is 37.8 Å². The SMILES string of the molecule is CCC(=O)Nc1ccc(-c2nnc(SCC(=O)N3CCCCC3)n2C)cc1. The summed E-state index contributed by atoms with van der Waals surface area (Å²) in [5, 5.41) is 12.0. The molecule has 7 nitrogen and oxygen atoms in total. The van der Waals surface area contributed by atoms with Crippen LogP contribution in [0.25, 0.3) is 11.4 Å². The van der Waals surface area contributed by atoms with Crippen molar-refractivity contribution in [2.75, 3.05) is 24.2 Å². The van der Waals surface area contributed by atoms with Crippen LogP contribution in [0.2, 0.25) is 0 Å². The van der Waals surface area contributed by atoms with Gasteiger partial charge in [-0.25, -0.2) is 0 Å². The van der Waals surface area contributed by atoms with Crippen molar-refractivity contribution in [2.24, 2.45) is 7.05 Å². The summed E-state index contributed by atoms with van der Waals surface area (Å²) in [5.41, 5.74) is 1.67. The number of hydrogen-bond acceptors (Lipinski definition) is 5. The lowest BCUT2D eigenvalue weighted by Gasteiger charge is -2.26. The highest BCUT2D eigenvalue weighted by Gasteiger charge is 2.18. The first-order valence-corrected chi connectivity index (χ1v) is 10.3. The van der Waals surface area contributed by atoms with Crippen molar-refractivity contribution in [3.05, 3.63) is 24.3 Å². The summed E-state index contributed by atoms with van der Waals surface area (Å²) in [6.45, 7) is 3.55. The van der Waals surface area contributed by atoms with Gasteiger partial charge in [0.15, 0.2) is 11.0 Å². The maximum absolute atomic E-state index is 12.3. The van der Waals surface area contributed by atoms with Gasteiger partial charge in [0.1, 0.15) is 0 Å². The minimum Gasteiger partial charge on any atom is -0.342 e. The van der Waals surface area contributed by atoms with Crippen LogP contribution >= 0.6 is 11.8 Å². The molecular formula is C19H25N5O2S. The molecule has 0 atom stereocenters. The number of benzene rings is 1. The normalized spacial score (nSPS) is 14.2. The Morgan fingerprint density at radius 3 is 2.48 bits per heavy atom. The summed E-state index contributed by atoms with van der Waals surface area (Å²) in [6.07, 6.45) is 3.85. The van der Waals surface area contributed by atoms with Crippen molar-refractivity contribution in [2.45, 2.75) is 37.8 Å². The summed E-state index contributed by atoms with van der Waals surface area (Å²) in [6, 6.07) is 7.51. The van der Waals surface area contributed by atoms with Crippen LogP contribution < -0.4 is 5.32 Å². The molecule has 3 rings (SSSR count). The van der Waals surface area contributed by atoms with Crippen molar-refractivity contribution in [3.63, 3.8) is 0 Å². The number of carbonyl (C=O) groups excluding carboxylic acids is 2. The first-order chi connectivity index (χ1) is 13.1. The van der Waals surface area contributed by atoms with Crippen molar-refractivity contribution in [3.8, 4) is 11.4 Å². The van der Waals surface area contributed by atoms with Gasteiger partial charge in [0.2, 0.25) is 11.8 Å². The third-order valence-electron chi connectivity index (χ3n) is 4.62. The fraction of sp³-hybridized carbons (Fsp3) is 0.474. The second-order valence-electron chi connectivity index (χ2n) is 6.57. The molecule has 1 aromatic heterocycles. The van der Waals surface area contributed by atoms with Gasteiger partial charge in [0.25, 0.3) is 0 Å². The molecule has 1 aromatic carbocycles. The lowest BCUT2D eigenvalue weighted by molar-refractivity contribution is -0.129. The Morgan fingerprint density at radius 1 is 1.11 bits per heavy atom. The number of rotatable bonds is 6. The number of nitrogens with one attached hydrogen (secondary N) is 1. The van der Waals surface area contributed by atoms with Crippen LogP contribution in [0.4, 0.5) is 5.69 Å². The highest BCUT2D eigenvalue weighted by atomic mass is 32.2. The van der Waals surface area contributed by atoms with Gasteiger partial charge in [-0.3, -0.25) is 9.59 Å². The summed E-state index contributed by atoms with van der Waals surface area (Å²) >= 11 is 1.42. The van der Waals surface area contributed by atoms with E-state index in [2.05, 4.69) is 15.5 Å². The van der Waals surface area contributed by atoms with E-state index >= 15 is 0 Å². The smallest absolute Gasteiger partial charge is 0.233 e. The summed E-state index contributed by atoms with van der Waals surface area (Å²) in [5.74, 6) is 1.27. The van der Waals surface area contributed by atoms with Crippen LogP contribution in [0, 0.1) is 0 Å². The molecule has 1 fully saturated rings. The molecule has 2 aromatic rings. The molecule has 1 N–H and O–H groups in total. The Hall–Kier alpha value is -2.35. The predicted octanol–water partition coefficient (Wildman–Crippen LogP) is 2.94. The molecule has 27 heavy (non-hydrogen) atoms. The van der Waals surface area contributed by atoms with Crippen LogP contribution in [0.1, 0.15) is 32.6 Å². The minimum atomic E-state index is -0.0153. The zero-order valence-electron chi connectivity index (χ0n) is 15.8. The number of thioether (sulfide) groups is 1. The minimum absolute atomic E-state index is 0.0153. The molecule has 0 unspecified atom stereocenters. The van der Waals surface area contributed by atoms with Gasteiger partial charge in [-0.2, -0.15) is 0 Å². The zero-order chi connectivity index (χ0) is 19.2. The fourth-order valence-corrected chi connectivity index (χ4v) is 3.82. The second kappa shape index (κ2) is 9.03. The molecule has 2 amide bonds. The second-order valence-corrected chi connectivity index (χ2v) is 7.52. The average molecular weight is 388 g/mol. The van der Waals surface area contributed by atoms with Gasteiger partial charge < -0.3 is 14.8 Å². The van der Waals surface area contributed by atoms with Crippen molar-refractivity contribution in [1.29, 1.82) is 0 Å². The number of piperidine rings is 1. The number of hydrogen-bond donors (Lipinski definition) is 1. The monoisotopic (exact) mass is 387 g/mol. The van der Waals surface area contributed by atoms with Crippen molar-refractivity contribution in [1.82, 2.24) is 19.7 Å². The molecule has 0 radical (unpaired) electrons. The van der Waals surface area contributed by atoms with Crippen LogP contribution in [0.3, 0.4) is 0 Å². The summed E-state index contributed by atoms with van der Waals surface area (Å²) in [7, 11) is 1.90. The summed E-state index contributed by atoms with van der Waals surface area (Å²) < 4.78 is 1.90. The average Bonchev–Trinajstić information content (AvgIpc) is 3.07. The van der Waals surface area contributed by atoms with Gasteiger partial charge >= 0.3 is 0 Å². The number of anilines is 1. The van der Waals surface area contributed by atoms with Crippen LogP contribution in [-0.4, -0.2) is 50.3 Å². The van der Waals surface area contributed by atoms with Gasteiger partial charge in [0.05, 0.1) is 5.75 Å². The Kier molecular flexibility index (Phi) is 6.49. The largest absolute Gasteiger partial charge is 0.342 e. The molecule has 0 bridgehead atoms. The maximum atomic E-state index is 12.3. The van der Waals surface area contributed by atoms with E-state index in [1.807, 2.05) is 47.7 Å². The highest BCUT2D eigenvalue weighted by Crippen LogP contribution is 2.24. The zero-order valence-corrected chi connectivity index (χ0v) is 16.6. The van der Waals surface area contributed by atoms with E-state index in [1.54, 1.807) is 0 Å². The van der Waals surface area contributed by atoms with Crippen LogP contribution in [0.15, 0.2) is 29.4 Å². The number of likely N-dealkylation sites (tertiary alicyclic amines) is 1. The Morgan fingerprint density at radius 2 is 1.81 bits per heavy atom. The Balaban J connectivity index is 1.62.